The number of methoxy groups -OCH3 is 1. The summed E-state index contributed by atoms with van der Waals surface area (Å²) in [6, 6.07) is 0. The number of carbonyl (C=O) groups excluding carboxylic acids is 2. The van der Waals surface area contributed by atoms with Crippen LogP contribution in [0.2, 0.25) is 0 Å². The summed E-state index contributed by atoms with van der Waals surface area (Å²) < 4.78 is 5.01. The normalized spacial score (nSPS) is 14.9. The third kappa shape index (κ3) is 4.72. The second kappa shape index (κ2) is 9.41. The molecule has 0 aliphatic carbocycles. The number of H-pyrrole nitrogens is 1. The quantitative estimate of drug-likeness (QED) is 0.694. The van der Waals surface area contributed by atoms with Crippen molar-refractivity contribution in [3.63, 3.8) is 0 Å². The van der Waals surface area contributed by atoms with E-state index in [9.17, 15) is 9.59 Å². The summed E-state index contributed by atoms with van der Waals surface area (Å²) in [5.41, 5.74) is 1.78. The molecule has 9 heteroatoms. The van der Waals surface area contributed by atoms with Gasteiger partial charge in [0.15, 0.2) is 0 Å². The number of hydrogen-bond acceptors (Lipinski definition) is 6. The second-order valence-corrected chi connectivity index (χ2v) is 6.85. The zero-order valence-corrected chi connectivity index (χ0v) is 16.3. The van der Waals surface area contributed by atoms with Gasteiger partial charge in [0.1, 0.15) is 11.5 Å². The number of rotatable bonds is 7. The zero-order chi connectivity index (χ0) is 19.9. The van der Waals surface area contributed by atoms with Crippen LogP contribution in [0.5, 0.6) is 0 Å². The minimum Gasteiger partial charge on any atom is -0.385 e. The maximum absolute atomic E-state index is 12.6. The highest BCUT2D eigenvalue weighted by Gasteiger charge is 2.29. The van der Waals surface area contributed by atoms with E-state index in [1.54, 1.807) is 13.3 Å². The molecule has 1 saturated heterocycles. The van der Waals surface area contributed by atoms with Crippen molar-refractivity contribution in [2.75, 3.05) is 33.4 Å². The molecule has 9 nitrogen and oxygen atoms in total. The van der Waals surface area contributed by atoms with Gasteiger partial charge in [0, 0.05) is 45.5 Å². The average Bonchev–Trinajstić information content (AvgIpc) is 3.25. The predicted octanol–water partition coefficient (Wildman–Crippen LogP) is 1.29. The Morgan fingerprint density at radius 2 is 2.11 bits per heavy atom. The number of likely N-dealkylation sites (tertiary alicyclic amines) is 1. The molecule has 2 amide bonds. The Bertz CT molecular complexity index is 800. The lowest BCUT2D eigenvalue weighted by atomic mass is 9.90. The maximum atomic E-state index is 12.6. The zero-order valence-electron chi connectivity index (χ0n) is 16.3. The van der Waals surface area contributed by atoms with Crippen LogP contribution in [0, 0.1) is 6.92 Å². The molecule has 2 aromatic heterocycles. The summed E-state index contributed by atoms with van der Waals surface area (Å²) in [5.74, 6) is 0.544. The van der Waals surface area contributed by atoms with E-state index in [-0.39, 0.29) is 17.7 Å². The van der Waals surface area contributed by atoms with Gasteiger partial charge in [-0.05, 0) is 26.2 Å². The van der Waals surface area contributed by atoms with E-state index in [2.05, 4.69) is 25.3 Å². The first-order chi connectivity index (χ1) is 13.6. The molecular formula is C19H26N6O3. The van der Waals surface area contributed by atoms with Crippen molar-refractivity contribution in [3.05, 3.63) is 41.5 Å². The number of ether oxygens (including phenoxy) is 1. The lowest BCUT2D eigenvalue weighted by Crippen LogP contribution is -2.38. The highest BCUT2D eigenvalue weighted by molar-refractivity contribution is 5.95. The Kier molecular flexibility index (Phi) is 6.70. The van der Waals surface area contributed by atoms with Crippen molar-refractivity contribution >= 4 is 11.8 Å². The Balaban J connectivity index is 1.66. The summed E-state index contributed by atoms with van der Waals surface area (Å²) in [7, 11) is 1.64. The summed E-state index contributed by atoms with van der Waals surface area (Å²) >= 11 is 0. The van der Waals surface area contributed by atoms with Gasteiger partial charge in [0.25, 0.3) is 11.8 Å². The minimum atomic E-state index is -0.165. The van der Waals surface area contributed by atoms with Gasteiger partial charge in [0.05, 0.1) is 23.8 Å². The largest absolute Gasteiger partial charge is 0.385 e. The molecule has 1 aliphatic heterocycles. The van der Waals surface area contributed by atoms with E-state index >= 15 is 0 Å². The molecule has 150 valence electrons. The number of nitrogens with one attached hydrogen (secondary N) is 2. The molecule has 3 rings (SSSR count). The molecule has 0 saturated carbocycles. The second-order valence-electron chi connectivity index (χ2n) is 6.85. The molecule has 0 radical (unpaired) electrons. The number of nitrogens with zero attached hydrogens (tertiary/aromatic N) is 4. The fourth-order valence-corrected chi connectivity index (χ4v) is 3.39. The standard InChI is InChI=1S/C19H26N6O3/c1-13-22-10-15(18(26)21-6-3-9-28-2)17(24-13)14-4-7-25(8-5-14)19(27)16-11-20-12-23-16/h10-12,14H,3-9H2,1-2H3,(H,20,23)(H,21,26). The van der Waals surface area contributed by atoms with E-state index in [0.717, 1.165) is 25.0 Å². The molecule has 28 heavy (non-hydrogen) atoms. The number of imidazole rings is 1. The topological polar surface area (TPSA) is 113 Å². The molecule has 0 bridgehead atoms. The molecule has 0 unspecified atom stereocenters. The number of hydrogen-bond donors (Lipinski definition) is 2. The minimum absolute atomic E-state index is 0.0501. The maximum Gasteiger partial charge on any atom is 0.271 e. The van der Waals surface area contributed by atoms with Crippen LogP contribution >= 0.6 is 0 Å². The van der Waals surface area contributed by atoms with Crippen LogP contribution in [0.15, 0.2) is 18.7 Å². The lowest BCUT2D eigenvalue weighted by molar-refractivity contribution is 0.0705. The summed E-state index contributed by atoms with van der Waals surface area (Å²) in [6.45, 7) is 4.18. The van der Waals surface area contributed by atoms with E-state index in [0.29, 0.717) is 43.3 Å². The van der Waals surface area contributed by atoms with E-state index in [1.165, 1.54) is 12.5 Å². The van der Waals surface area contributed by atoms with Crippen LogP contribution in [-0.2, 0) is 4.74 Å². The SMILES string of the molecule is COCCCNC(=O)c1cnc(C)nc1C1CCN(C(=O)c2cnc[nH]2)CC1. The first kappa shape index (κ1) is 19.9. The third-order valence-corrected chi connectivity index (χ3v) is 4.89. The van der Waals surface area contributed by atoms with E-state index in [4.69, 9.17) is 4.74 Å². The number of aryl methyl sites for hydroxylation is 1. The number of aromatic amines is 1. The third-order valence-electron chi connectivity index (χ3n) is 4.89. The number of amides is 2. The Hall–Kier alpha value is -2.81. The van der Waals surface area contributed by atoms with Crippen molar-refractivity contribution in [1.29, 1.82) is 0 Å². The van der Waals surface area contributed by atoms with Crippen LogP contribution in [0.4, 0.5) is 0 Å². The molecule has 0 atom stereocenters. The fraction of sp³-hybridized carbons (Fsp3) is 0.526. The Labute approximate surface area is 163 Å². The number of aromatic nitrogens is 4. The van der Waals surface area contributed by atoms with E-state index < -0.39 is 0 Å². The van der Waals surface area contributed by atoms with Crippen LogP contribution < -0.4 is 5.32 Å². The van der Waals surface area contributed by atoms with Crippen molar-refractivity contribution in [2.24, 2.45) is 0 Å². The number of piperidine rings is 1. The molecule has 2 N–H and O–H groups in total. The van der Waals surface area contributed by atoms with Crippen molar-refractivity contribution in [3.8, 4) is 0 Å². The Morgan fingerprint density at radius 1 is 1.32 bits per heavy atom. The van der Waals surface area contributed by atoms with Gasteiger partial charge < -0.3 is 19.9 Å². The molecule has 2 aromatic rings. The van der Waals surface area contributed by atoms with Crippen LogP contribution in [0.1, 0.15) is 57.5 Å². The molecule has 1 fully saturated rings. The van der Waals surface area contributed by atoms with E-state index in [1.807, 2.05) is 11.8 Å². The predicted molar refractivity (Wildman–Crippen MR) is 102 cm³/mol. The van der Waals surface area contributed by atoms with Gasteiger partial charge in [0.2, 0.25) is 0 Å². The van der Waals surface area contributed by atoms with Gasteiger partial charge in [-0.25, -0.2) is 15.0 Å². The molecule has 1 aliphatic rings. The summed E-state index contributed by atoms with van der Waals surface area (Å²) in [6.07, 6.45) is 6.89. The highest BCUT2D eigenvalue weighted by atomic mass is 16.5. The summed E-state index contributed by atoms with van der Waals surface area (Å²) in [4.78, 5) is 42.4. The lowest BCUT2D eigenvalue weighted by Gasteiger charge is -2.32. The van der Waals surface area contributed by atoms with Crippen molar-refractivity contribution in [1.82, 2.24) is 30.2 Å². The van der Waals surface area contributed by atoms with Gasteiger partial charge in [-0.1, -0.05) is 0 Å². The molecule has 3 heterocycles. The number of carbonyl (C=O) groups is 2. The first-order valence-corrected chi connectivity index (χ1v) is 9.48. The molecular weight excluding hydrogens is 360 g/mol. The van der Waals surface area contributed by atoms with Crippen LogP contribution in [0.25, 0.3) is 0 Å². The Morgan fingerprint density at radius 3 is 2.79 bits per heavy atom. The average molecular weight is 386 g/mol. The van der Waals surface area contributed by atoms with Gasteiger partial charge >= 0.3 is 0 Å². The summed E-state index contributed by atoms with van der Waals surface area (Å²) in [5, 5.41) is 2.90. The van der Waals surface area contributed by atoms with Gasteiger partial charge in [-0.3, -0.25) is 9.59 Å². The van der Waals surface area contributed by atoms with Crippen molar-refractivity contribution < 1.29 is 14.3 Å². The van der Waals surface area contributed by atoms with Crippen LogP contribution in [0.3, 0.4) is 0 Å². The fourth-order valence-electron chi connectivity index (χ4n) is 3.39. The smallest absolute Gasteiger partial charge is 0.271 e. The van der Waals surface area contributed by atoms with Crippen LogP contribution in [-0.4, -0.2) is 70.0 Å². The monoisotopic (exact) mass is 386 g/mol. The highest BCUT2D eigenvalue weighted by Crippen LogP contribution is 2.29. The van der Waals surface area contributed by atoms with Gasteiger partial charge in [-0.15, -0.1) is 0 Å². The molecule has 0 spiro atoms. The molecule has 0 aromatic carbocycles. The van der Waals surface area contributed by atoms with Gasteiger partial charge in [-0.2, -0.15) is 0 Å². The van der Waals surface area contributed by atoms with Crippen molar-refractivity contribution in [2.45, 2.75) is 32.1 Å². The first-order valence-electron chi connectivity index (χ1n) is 9.48.